The molecule has 5 rings (SSSR count). The standard InChI is InChI=1S/C27H25F2N3O5/c1-30-26(35)17-8-4-15(5-9-17)14-2-6-16(7-3-14)23-19(28)11-20-25(24(23)29)32-27(31-20)37-18-10-21(34)22(12-33)36-13-18/h2-9,11,18,21-22,33-34H,10,12-13H2,1H3,(H,30,35)(H,31,32)/t18-,21+,22-/m1/s1. The fourth-order valence-corrected chi connectivity index (χ4v) is 4.41. The Hall–Kier alpha value is -3.86. The van der Waals surface area contributed by atoms with Gasteiger partial charge in [-0.1, -0.05) is 36.4 Å². The van der Waals surface area contributed by atoms with Crippen LogP contribution in [-0.2, 0) is 4.74 Å². The Bertz CT molecular complexity index is 1420. The summed E-state index contributed by atoms with van der Waals surface area (Å²) in [5.41, 5.74) is 2.39. The number of aromatic amines is 1. The quantitative estimate of drug-likeness (QED) is 0.317. The number of hydrogen-bond donors (Lipinski definition) is 4. The Morgan fingerprint density at radius 3 is 2.41 bits per heavy atom. The van der Waals surface area contributed by atoms with Crippen LogP contribution in [0, 0.1) is 11.6 Å². The van der Waals surface area contributed by atoms with Crippen LogP contribution in [0.1, 0.15) is 16.8 Å². The van der Waals surface area contributed by atoms with E-state index in [-0.39, 0.29) is 48.1 Å². The first-order valence-corrected chi connectivity index (χ1v) is 11.8. The van der Waals surface area contributed by atoms with Gasteiger partial charge in [-0.05, 0) is 28.8 Å². The Balaban J connectivity index is 1.38. The SMILES string of the molecule is CNC(=O)c1ccc(-c2ccc(-c3c(F)cc4[nH]c(O[C@H]5CO[C@H](CO)[C@@H](O)C5)nc4c3F)cc2)cc1. The van der Waals surface area contributed by atoms with E-state index < -0.39 is 29.9 Å². The van der Waals surface area contributed by atoms with Crippen LogP contribution in [0.25, 0.3) is 33.3 Å². The molecule has 0 spiro atoms. The molecule has 0 aliphatic carbocycles. The van der Waals surface area contributed by atoms with Crippen LogP contribution in [0.5, 0.6) is 6.01 Å². The highest BCUT2D eigenvalue weighted by molar-refractivity contribution is 5.94. The van der Waals surface area contributed by atoms with Crippen LogP contribution in [-0.4, -0.2) is 64.7 Å². The molecule has 0 unspecified atom stereocenters. The van der Waals surface area contributed by atoms with Crippen molar-refractivity contribution < 1.29 is 33.3 Å². The fraction of sp³-hybridized carbons (Fsp3) is 0.259. The van der Waals surface area contributed by atoms with Gasteiger partial charge in [0.25, 0.3) is 11.9 Å². The zero-order valence-corrected chi connectivity index (χ0v) is 19.9. The second kappa shape index (κ2) is 10.3. The Kier molecular flexibility index (Phi) is 6.88. The van der Waals surface area contributed by atoms with E-state index in [9.17, 15) is 15.0 Å². The van der Waals surface area contributed by atoms with Crippen LogP contribution < -0.4 is 10.1 Å². The average Bonchev–Trinajstić information content (AvgIpc) is 3.31. The van der Waals surface area contributed by atoms with Crippen LogP contribution >= 0.6 is 0 Å². The van der Waals surface area contributed by atoms with E-state index in [1.165, 1.54) is 0 Å². The number of aliphatic hydroxyl groups is 2. The monoisotopic (exact) mass is 509 g/mol. The molecule has 8 nitrogen and oxygen atoms in total. The van der Waals surface area contributed by atoms with Gasteiger partial charge in [-0.25, -0.2) is 8.78 Å². The summed E-state index contributed by atoms with van der Waals surface area (Å²) in [5, 5.41) is 21.8. The third-order valence-corrected chi connectivity index (χ3v) is 6.42. The van der Waals surface area contributed by atoms with E-state index in [1.54, 1.807) is 55.6 Å². The maximum atomic E-state index is 15.4. The van der Waals surface area contributed by atoms with Crippen molar-refractivity contribution in [1.82, 2.24) is 15.3 Å². The molecule has 1 amide bonds. The van der Waals surface area contributed by atoms with Gasteiger partial charge in [0.15, 0.2) is 5.82 Å². The minimum absolute atomic E-state index is 0.0238. The van der Waals surface area contributed by atoms with Gasteiger partial charge in [0.1, 0.15) is 23.5 Å². The molecular weight excluding hydrogens is 484 g/mol. The number of fused-ring (bicyclic) bond motifs is 1. The molecule has 3 atom stereocenters. The molecule has 0 bridgehead atoms. The molecule has 1 aromatic heterocycles. The molecule has 1 aliphatic heterocycles. The number of hydrogen-bond acceptors (Lipinski definition) is 6. The molecular formula is C27H25F2N3O5. The highest BCUT2D eigenvalue weighted by Gasteiger charge is 2.31. The summed E-state index contributed by atoms with van der Waals surface area (Å²) in [6.07, 6.45) is -1.96. The number of H-pyrrole nitrogens is 1. The van der Waals surface area contributed by atoms with Gasteiger partial charge in [-0.15, -0.1) is 0 Å². The van der Waals surface area contributed by atoms with E-state index in [1.807, 2.05) is 0 Å². The van der Waals surface area contributed by atoms with Crippen LogP contribution in [0.2, 0.25) is 0 Å². The van der Waals surface area contributed by atoms with Gasteiger partial charge in [-0.3, -0.25) is 4.79 Å². The summed E-state index contributed by atoms with van der Waals surface area (Å²) in [5.74, 6) is -1.77. The molecule has 1 fully saturated rings. The first kappa shape index (κ1) is 24.8. The largest absolute Gasteiger partial charge is 0.459 e. The number of carbonyl (C=O) groups is 1. The zero-order valence-electron chi connectivity index (χ0n) is 19.9. The van der Waals surface area contributed by atoms with Crippen molar-refractivity contribution in [1.29, 1.82) is 0 Å². The minimum Gasteiger partial charge on any atom is -0.459 e. The smallest absolute Gasteiger partial charge is 0.295 e. The molecule has 0 saturated carbocycles. The number of halogens is 2. The Morgan fingerprint density at radius 1 is 1.14 bits per heavy atom. The molecule has 10 heteroatoms. The molecule has 0 radical (unpaired) electrons. The maximum absolute atomic E-state index is 15.4. The average molecular weight is 510 g/mol. The van der Waals surface area contributed by atoms with E-state index in [0.717, 1.165) is 17.2 Å². The van der Waals surface area contributed by atoms with Crippen molar-refractivity contribution in [3.63, 3.8) is 0 Å². The first-order chi connectivity index (χ1) is 17.9. The van der Waals surface area contributed by atoms with Crippen molar-refractivity contribution in [2.45, 2.75) is 24.7 Å². The van der Waals surface area contributed by atoms with Gasteiger partial charge in [0, 0.05) is 25.1 Å². The molecule has 192 valence electrons. The number of ether oxygens (including phenoxy) is 2. The van der Waals surface area contributed by atoms with E-state index in [0.29, 0.717) is 11.1 Å². The van der Waals surface area contributed by atoms with E-state index in [2.05, 4.69) is 15.3 Å². The highest BCUT2D eigenvalue weighted by atomic mass is 19.1. The van der Waals surface area contributed by atoms with Gasteiger partial charge >= 0.3 is 0 Å². The van der Waals surface area contributed by atoms with Gasteiger partial charge in [0.05, 0.1) is 30.4 Å². The van der Waals surface area contributed by atoms with Crippen LogP contribution in [0.3, 0.4) is 0 Å². The van der Waals surface area contributed by atoms with Crippen LogP contribution in [0.15, 0.2) is 54.6 Å². The molecule has 2 heterocycles. The van der Waals surface area contributed by atoms with E-state index in [4.69, 9.17) is 9.47 Å². The fourth-order valence-electron chi connectivity index (χ4n) is 4.41. The molecule has 1 saturated heterocycles. The summed E-state index contributed by atoms with van der Waals surface area (Å²) in [4.78, 5) is 18.7. The first-order valence-electron chi connectivity index (χ1n) is 11.8. The number of aliphatic hydroxyl groups excluding tert-OH is 2. The van der Waals surface area contributed by atoms with Crippen molar-refractivity contribution in [3.05, 3.63) is 71.8 Å². The Morgan fingerprint density at radius 2 is 1.78 bits per heavy atom. The predicted molar refractivity (Wildman–Crippen MR) is 132 cm³/mol. The molecule has 3 aromatic carbocycles. The number of rotatable bonds is 6. The van der Waals surface area contributed by atoms with Crippen molar-refractivity contribution in [2.75, 3.05) is 20.3 Å². The second-order valence-electron chi connectivity index (χ2n) is 8.82. The van der Waals surface area contributed by atoms with E-state index >= 15 is 8.78 Å². The summed E-state index contributed by atoms with van der Waals surface area (Å²) in [6, 6.07) is 14.9. The van der Waals surface area contributed by atoms with Gasteiger partial charge in [0.2, 0.25) is 0 Å². The number of carbonyl (C=O) groups excluding carboxylic acids is 1. The molecule has 4 aromatic rings. The second-order valence-corrected chi connectivity index (χ2v) is 8.82. The topological polar surface area (TPSA) is 117 Å². The molecule has 4 N–H and O–H groups in total. The third kappa shape index (κ3) is 4.91. The minimum atomic E-state index is -0.911. The lowest BCUT2D eigenvalue weighted by Gasteiger charge is -2.31. The number of amides is 1. The maximum Gasteiger partial charge on any atom is 0.295 e. The molecule has 37 heavy (non-hydrogen) atoms. The number of nitrogens with zero attached hydrogens (tertiary/aromatic N) is 1. The number of nitrogens with one attached hydrogen (secondary N) is 2. The lowest BCUT2D eigenvalue weighted by molar-refractivity contribution is -0.131. The zero-order chi connectivity index (χ0) is 26.1. The normalized spacial score (nSPS) is 19.6. The summed E-state index contributed by atoms with van der Waals surface area (Å²) in [7, 11) is 1.56. The van der Waals surface area contributed by atoms with Crippen molar-refractivity contribution >= 4 is 16.9 Å². The summed E-state index contributed by atoms with van der Waals surface area (Å²) < 4.78 is 41.5. The highest BCUT2D eigenvalue weighted by Crippen LogP contribution is 2.33. The van der Waals surface area contributed by atoms with Gasteiger partial charge in [-0.2, -0.15) is 4.98 Å². The molecule has 1 aliphatic rings. The van der Waals surface area contributed by atoms with Gasteiger partial charge < -0.3 is 30.0 Å². The number of benzene rings is 3. The number of aromatic nitrogens is 2. The lowest BCUT2D eigenvalue weighted by atomic mass is 9.98. The predicted octanol–water partition coefficient (Wildman–Crippen LogP) is 3.42. The lowest BCUT2D eigenvalue weighted by Crippen LogP contribution is -2.45. The Labute approximate surface area is 210 Å². The van der Waals surface area contributed by atoms with Crippen LogP contribution in [0.4, 0.5) is 8.78 Å². The number of imidazole rings is 1. The summed E-state index contributed by atoms with van der Waals surface area (Å²) >= 11 is 0. The van der Waals surface area contributed by atoms with Crippen molar-refractivity contribution in [2.24, 2.45) is 0 Å². The summed E-state index contributed by atoms with van der Waals surface area (Å²) in [6.45, 7) is -0.195. The third-order valence-electron chi connectivity index (χ3n) is 6.42. The van der Waals surface area contributed by atoms with Crippen molar-refractivity contribution in [3.8, 4) is 28.3 Å².